The van der Waals surface area contributed by atoms with E-state index in [9.17, 15) is 4.79 Å². The Morgan fingerprint density at radius 3 is 3.06 bits per heavy atom. The van der Waals surface area contributed by atoms with Gasteiger partial charge in [0.05, 0.1) is 7.11 Å². The SMILES string of the molecule is COC(=O)c1cc2c(s1)-c1ccccc1OC2. The van der Waals surface area contributed by atoms with Crippen molar-refractivity contribution in [3.63, 3.8) is 0 Å². The van der Waals surface area contributed by atoms with Crippen molar-refractivity contribution in [2.75, 3.05) is 7.11 Å². The third-order valence-electron chi connectivity index (χ3n) is 2.71. The maximum absolute atomic E-state index is 11.5. The van der Waals surface area contributed by atoms with Gasteiger partial charge in [0.25, 0.3) is 0 Å². The Kier molecular flexibility index (Phi) is 2.37. The minimum atomic E-state index is -0.290. The topological polar surface area (TPSA) is 35.5 Å². The van der Waals surface area contributed by atoms with Crippen LogP contribution in [0.25, 0.3) is 10.4 Å². The first-order chi connectivity index (χ1) is 8.29. The standard InChI is InChI=1S/C13H10O3S/c1-15-13(14)11-6-8-7-16-10-5-3-2-4-9(10)12(8)17-11/h2-6H,7H2,1H3. The highest BCUT2D eigenvalue weighted by molar-refractivity contribution is 7.17. The molecule has 1 aliphatic rings. The molecule has 1 aromatic heterocycles. The van der Waals surface area contributed by atoms with E-state index in [1.807, 2.05) is 30.3 Å². The van der Waals surface area contributed by atoms with Gasteiger partial charge in [-0.25, -0.2) is 4.79 Å². The molecule has 0 aliphatic carbocycles. The normalized spacial score (nSPS) is 12.3. The van der Waals surface area contributed by atoms with E-state index < -0.39 is 0 Å². The predicted octanol–water partition coefficient (Wildman–Crippen LogP) is 3.09. The number of hydrogen-bond acceptors (Lipinski definition) is 4. The molecular formula is C13H10O3S. The largest absolute Gasteiger partial charge is 0.488 e. The Morgan fingerprint density at radius 1 is 1.41 bits per heavy atom. The molecule has 0 N–H and O–H groups in total. The Balaban J connectivity index is 2.13. The lowest BCUT2D eigenvalue weighted by atomic mass is 10.1. The van der Waals surface area contributed by atoms with E-state index in [1.165, 1.54) is 18.4 Å². The van der Waals surface area contributed by atoms with Gasteiger partial charge in [-0.2, -0.15) is 0 Å². The molecule has 2 heterocycles. The van der Waals surface area contributed by atoms with Crippen molar-refractivity contribution in [1.82, 2.24) is 0 Å². The molecule has 0 amide bonds. The summed E-state index contributed by atoms with van der Waals surface area (Å²) in [6, 6.07) is 9.70. The fourth-order valence-electron chi connectivity index (χ4n) is 1.90. The Bertz CT molecular complexity index is 586. The van der Waals surface area contributed by atoms with E-state index in [0.29, 0.717) is 11.5 Å². The maximum atomic E-state index is 11.5. The molecule has 0 unspecified atom stereocenters. The fourth-order valence-corrected chi connectivity index (χ4v) is 3.02. The van der Waals surface area contributed by atoms with Gasteiger partial charge in [-0.3, -0.25) is 0 Å². The van der Waals surface area contributed by atoms with Crippen LogP contribution in [0.2, 0.25) is 0 Å². The molecule has 0 atom stereocenters. The van der Waals surface area contributed by atoms with Crippen LogP contribution in [0.1, 0.15) is 15.2 Å². The molecule has 3 nitrogen and oxygen atoms in total. The summed E-state index contributed by atoms with van der Waals surface area (Å²) in [7, 11) is 1.39. The summed E-state index contributed by atoms with van der Waals surface area (Å²) in [5.74, 6) is 0.583. The van der Waals surface area contributed by atoms with Crippen molar-refractivity contribution in [2.24, 2.45) is 0 Å². The van der Waals surface area contributed by atoms with Gasteiger partial charge in [0, 0.05) is 16.0 Å². The molecule has 2 aromatic rings. The number of ether oxygens (including phenoxy) is 2. The zero-order chi connectivity index (χ0) is 11.8. The lowest BCUT2D eigenvalue weighted by Gasteiger charge is -2.16. The second-order valence-corrected chi connectivity index (χ2v) is 4.79. The highest BCUT2D eigenvalue weighted by atomic mass is 32.1. The van der Waals surface area contributed by atoms with E-state index in [2.05, 4.69) is 0 Å². The number of carbonyl (C=O) groups is 1. The average Bonchev–Trinajstić information content (AvgIpc) is 2.82. The number of thiophene rings is 1. The summed E-state index contributed by atoms with van der Waals surface area (Å²) in [6.07, 6.45) is 0. The van der Waals surface area contributed by atoms with Crippen molar-refractivity contribution in [3.8, 4) is 16.2 Å². The lowest BCUT2D eigenvalue weighted by Crippen LogP contribution is -2.02. The molecule has 0 radical (unpaired) electrons. The summed E-state index contributed by atoms with van der Waals surface area (Å²) in [6.45, 7) is 0.514. The summed E-state index contributed by atoms with van der Waals surface area (Å²) < 4.78 is 10.4. The van der Waals surface area contributed by atoms with Crippen molar-refractivity contribution < 1.29 is 14.3 Å². The van der Waals surface area contributed by atoms with Crippen LogP contribution in [0.3, 0.4) is 0 Å². The van der Waals surface area contributed by atoms with E-state index in [4.69, 9.17) is 9.47 Å². The Labute approximate surface area is 103 Å². The number of esters is 1. The van der Waals surface area contributed by atoms with Crippen molar-refractivity contribution in [2.45, 2.75) is 6.61 Å². The molecule has 0 bridgehead atoms. The third-order valence-corrected chi connectivity index (χ3v) is 3.90. The number of carbonyl (C=O) groups excluding carboxylic acids is 1. The first-order valence-corrected chi connectivity index (χ1v) is 6.04. The maximum Gasteiger partial charge on any atom is 0.348 e. The van der Waals surface area contributed by atoms with Crippen molar-refractivity contribution >= 4 is 17.3 Å². The van der Waals surface area contributed by atoms with Crippen LogP contribution in [0.15, 0.2) is 30.3 Å². The molecule has 0 saturated carbocycles. The van der Waals surface area contributed by atoms with Crippen molar-refractivity contribution in [3.05, 3.63) is 40.8 Å². The van der Waals surface area contributed by atoms with Crippen LogP contribution in [0.5, 0.6) is 5.75 Å². The molecule has 86 valence electrons. The number of para-hydroxylation sites is 1. The Morgan fingerprint density at radius 2 is 2.24 bits per heavy atom. The highest BCUT2D eigenvalue weighted by Gasteiger charge is 2.22. The molecule has 17 heavy (non-hydrogen) atoms. The first kappa shape index (κ1) is 10.4. The average molecular weight is 246 g/mol. The predicted molar refractivity (Wildman–Crippen MR) is 65.4 cm³/mol. The number of methoxy groups -OCH3 is 1. The fraction of sp³-hybridized carbons (Fsp3) is 0.154. The van der Waals surface area contributed by atoms with Gasteiger partial charge in [-0.15, -0.1) is 11.3 Å². The molecule has 1 aliphatic heterocycles. The zero-order valence-corrected chi connectivity index (χ0v) is 10.0. The molecule has 0 fully saturated rings. The minimum Gasteiger partial charge on any atom is -0.488 e. The number of fused-ring (bicyclic) bond motifs is 3. The van der Waals surface area contributed by atoms with Gasteiger partial charge < -0.3 is 9.47 Å². The summed E-state index contributed by atoms with van der Waals surface area (Å²) in [5, 5.41) is 0. The van der Waals surface area contributed by atoms with Gasteiger partial charge >= 0.3 is 5.97 Å². The van der Waals surface area contributed by atoms with Gasteiger partial charge in [-0.05, 0) is 18.2 Å². The van der Waals surface area contributed by atoms with Crippen LogP contribution in [0.4, 0.5) is 0 Å². The van der Waals surface area contributed by atoms with Crippen LogP contribution in [0, 0.1) is 0 Å². The van der Waals surface area contributed by atoms with Crippen LogP contribution in [-0.2, 0) is 11.3 Å². The summed E-state index contributed by atoms with van der Waals surface area (Å²) in [4.78, 5) is 13.2. The number of benzene rings is 1. The van der Waals surface area contributed by atoms with E-state index >= 15 is 0 Å². The van der Waals surface area contributed by atoms with Crippen molar-refractivity contribution in [1.29, 1.82) is 0 Å². The molecule has 3 rings (SSSR count). The zero-order valence-electron chi connectivity index (χ0n) is 9.23. The minimum absolute atomic E-state index is 0.290. The molecule has 1 aromatic carbocycles. The Hall–Kier alpha value is -1.81. The van der Waals surface area contributed by atoms with Gasteiger partial charge in [0.1, 0.15) is 17.2 Å². The lowest BCUT2D eigenvalue weighted by molar-refractivity contribution is 0.0606. The summed E-state index contributed by atoms with van der Waals surface area (Å²) >= 11 is 1.46. The van der Waals surface area contributed by atoms with Crippen LogP contribution >= 0.6 is 11.3 Å². The number of hydrogen-bond donors (Lipinski definition) is 0. The monoisotopic (exact) mass is 246 g/mol. The highest BCUT2D eigenvalue weighted by Crippen LogP contribution is 2.42. The van der Waals surface area contributed by atoms with E-state index in [0.717, 1.165) is 21.8 Å². The molecule has 0 spiro atoms. The smallest absolute Gasteiger partial charge is 0.348 e. The van der Waals surface area contributed by atoms with Gasteiger partial charge in [0.15, 0.2) is 0 Å². The van der Waals surface area contributed by atoms with E-state index in [-0.39, 0.29) is 5.97 Å². The second-order valence-electron chi connectivity index (χ2n) is 3.74. The van der Waals surface area contributed by atoms with Crippen LogP contribution in [-0.4, -0.2) is 13.1 Å². The van der Waals surface area contributed by atoms with Gasteiger partial charge in [-0.1, -0.05) is 12.1 Å². The quantitative estimate of drug-likeness (QED) is 0.725. The number of rotatable bonds is 1. The van der Waals surface area contributed by atoms with E-state index in [1.54, 1.807) is 0 Å². The summed E-state index contributed by atoms with van der Waals surface area (Å²) in [5.41, 5.74) is 2.10. The first-order valence-electron chi connectivity index (χ1n) is 5.23. The second kappa shape index (κ2) is 3.89. The molecule has 4 heteroatoms. The van der Waals surface area contributed by atoms with Crippen LogP contribution < -0.4 is 4.74 Å². The molecular weight excluding hydrogens is 236 g/mol. The van der Waals surface area contributed by atoms with Gasteiger partial charge in [0.2, 0.25) is 0 Å². The third kappa shape index (κ3) is 1.61. The molecule has 0 saturated heterocycles.